The fraction of sp³-hybridized carbons (Fsp3) is 0.333. The summed E-state index contributed by atoms with van der Waals surface area (Å²) in [4.78, 5) is 20.9. The van der Waals surface area contributed by atoms with E-state index < -0.39 is 17.0 Å². The Morgan fingerprint density at radius 3 is 2.03 bits per heavy atom. The number of piperidine rings is 1. The van der Waals surface area contributed by atoms with Gasteiger partial charge < -0.3 is 14.5 Å². The first-order valence-corrected chi connectivity index (χ1v) is 10.5. The number of hydrogen-bond acceptors (Lipinski definition) is 5. The third-order valence-electron chi connectivity index (χ3n) is 5.81. The summed E-state index contributed by atoms with van der Waals surface area (Å²) >= 11 is 0. The Balaban J connectivity index is 1.45. The maximum atomic E-state index is 14.1. The van der Waals surface area contributed by atoms with E-state index in [2.05, 4.69) is 14.9 Å². The van der Waals surface area contributed by atoms with Crippen LogP contribution in [-0.4, -0.2) is 41.2 Å². The molecule has 1 aliphatic heterocycles. The SMILES string of the molecule is O=c1[nH]ccnc1CN1CCC(COc2ccccc2F)(COc2ccccc2F)CC1. The van der Waals surface area contributed by atoms with Crippen LogP contribution in [0.2, 0.25) is 0 Å². The predicted octanol–water partition coefficient (Wildman–Crippen LogP) is 3.79. The van der Waals surface area contributed by atoms with Gasteiger partial charge in [0.2, 0.25) is 0 Å². The third kappa shape index (κ3) is 5.31. The van der Waals surface area contributed by atoms with E-state index in [1.165, 1.54) is 18.3 Å². The van der Waals surface area contributed by atoms with Crippen molar-refractivity contribution in [2.24, 2.45) is 5.41 Å². The van der Waals surface area contributed by atoms with E-state index in [1.54, 1.807) is 42.6 Å². The van der Waals surface area contributed by atoms with Gasteiger partial charge in [0.05, 0.1) is 13.2 Å². The molecule has 8 heteroatoms. The number of hydrogen-bond donors (Lipinski definition) is 1. The lowest BCUT2D eigenvalue weighted by Crippen LogP contribution is -2.46. The van der Waals surface area contributed by atoms with Crippen molar-refractivity contribution in [3.63, 3.8) is 0 Å². The molecule has 1 N–H and O–H groups in total. The Kier molecular flexibility index (Phi) is 6.80. The number of halogens is 2. The molecule has 6 nitrogen and oxygen atoms in total. The highest BCUT2D eigenvalue weighted by molar-refractivity contribution is 5.25. The third-order valence-corrected chi connectivity index (χ3v) is 5.81. The van der Waals surface area contributed by atoms with Crippen molar-refractivity contribution in [2.45, 2.75) is 19.4 Å². The zero-order valence-corrected chi connectivity index (χ0v) is 17.6. The molecule has 2 heterocycles. The molecule has 0 unspecified atom stereocenters. The zero-order valence-electron chi connectivity index (χ0n) is 17.6. The molecule has 1 aliphatic rings. The molecule has 4 rings (SSSR count). The summed E-state index contributed by atoms with van der Waals surface area (Å²) < 4.78 is 39.8. The van der Waals surface area contributed by atoms with Crippen LogP contribution in [0.1, 0.15) is 18.5 Å². The summed E-state index contributed by atoms with van der Waals surface area (Å²) in [5.41, 5.74) is -0.169. The molecule has 32 heavy (non-hydrogen) atoms. The first kappa shape index (κ1) is 22.0. The fourth-order valence-electron chi connectivity index (χ4n) is 3.81. The lowest BCUT2D eigenvalue weighted by Gasteiger charge is -2.41. The van der Waals surface area contributed by atoms with E-state index in [0.29, 0.717) is 38.2 Å². The highest BCUT2D eigenvalue weighted by Gasteiger charge is 2.37. The van der Waals surface area contributed by atoms with Crippen LogP contribution in [0.15, 0.2) is 65.7 Å². The minimum absolute atomic E-state index is 0.181. The molecular weight excluding hydrogens is 416 g/mol. The molecular formula is C24H25F2N3O3. The Labute approximate surface area is 184 Å². The summed E-state index contributed by atoms with van der Waals surface area (Å²) in [7, 11) is 0. The second kappa shape index (κ2) is 9.91. The minimum Gasteiger partial charge on any atom is -0.490 e. The van der Waals surface area contributed by atoms with Gasteiger partial charge in [-0.1, -0.05) is 24.3 Å². The molecule has 3 aromatic rings. The van der Waals surface area contributed by atoms with Crippen molar-refractivity contribution in [1.29, 1.82) is 0 Å². The number of H-pyrrole nitrogens is 1. The van der Waals surface area contributed by atoms with E-state index >= 15 is 0 Å². The van der Waals surface area contributed by atoms with Crippen LogP contribution in [0, 0.1) is 17.0 Å². The minimum atomic E-state index is -0.433. The summed E-state index contributed by atoms with van der Waals surface area (Å²) in [5.74, 6) is -0.491. The molecule has 2 aromatic carbocycles. The second-order valence-electron chi connectivity index (χ2n) is 8.08. The Morgan fingerprint density at radius 2 is 1.50 bits per heavy atom. The van der Waals surface area contributed by atoms with Crippen LogP contribution in [0.5, 0.6) is 11.5 Å². The topological polar surface area (TPSA) is 67.5 Å². The van der Waals surface area contributed by atoms with E-state index in [-0.39, 0.29) is 30.3 Å². The van der Waals surface area contributed by atoms with Gasteiger partial charge in [0.1, 0.15) is 5.69 Å². The first-order chi connectivity index (χ1) is 15.5. The average molecular weight is 441 g/mol. The zero-order chi connectivity index (χ0) is 22.4. The number of rotatable bonds is 8. The Morgan fingerprint density at radius 1 is 0.938 bits per heavy atom. The second-order valence-corrected chi connectivity index (χ2v) is 8.08. The Bertz CT molecular complexity index is 1050. The first-order valence-electron chi connectivity index (χ1n) is 10.5. The smallest absolute Gasteiger partial charge is 0.270 e. The number of para-hydroxylation sites is 2. The lowest BCUT2D eigenvalue weighted by atomic mass is 9.79. The molecule has 0 amide bonds. The molecule has 1 fully saturated rings. The number of ether oxygens (including phenoxy) is 2. The van der Waals surface area contributed by atoms with E-state index in [9.17, 15) is 13.6 Å². The number of aromatic amines is 1. The molecule has 0 radical (unpaired) electrons. The number of benzene rings is 2. The summed E-state index contributed by atoms with van der Waals surface area (Å²) in [5, 5.41) is 0. The Hall–Kier alpha value is -3.26. The van der Waals surface area contributed by atoms with Crippen molar-refractivity contribution in [2.75, 3.05) is 26.3 Å². The molecule has 0 atom stereocenters. The molecule has 168 valence electrons. The van der Waals surface area contributed by atoms with E-state index in [0.717, 1.165) is 0 Å². The van der Waals surface area contributed by atoms with Gasteiger partial charge in [0, 0.05) is 24.4 Å². The molecule has 0 aliphatic carbocycles. The van der Waals surface area contributed by atoms with Crippen LogP contribution in [0.3, 0.4) is 0 Å². The maximum absolute atomic E-state index is 14.1. The number of aromatic nitrogens is 2. The number of likely N-dealkylation sites (tertiary alicyclic amines) is 1. The van der Waals surface area contributed by atoms with Gasteiger partial charge in [-0.2, -0.15) is 0 Å². The van der Waals surface area contributed by atoms with Crippen molar-refractivity contribution in [3.8, 4) is 11.5 Å². The molecule has 0 saturated carbocycles. The van der Waals surface area contributed by atoms with Gasteiger partial charge in [0.15, 0.2) is 23.1 Å². The summed E-state index contributed by atoms with van der Waals surface area (Å²) in [6.45, 7) is 2.27. The van der Waals surface area contributed by atoms with E-state index in [1.807, 2.05) is 0 Å². The monoisotopic (exact) mass is 441 g/mol. The highest BCUT2D eigenvalue weighted by Crippen LogP contribution is 2.34. The van der Waals surface area contributed by atoms with Gasteiger partial charge in [-0.25, -0.2) is 8.78 Å². The van der Waals surface area contributed by atoms with Gasteiger partial charge in [-0.05, 0) is 50.2 Å². The van der Waals surface area contributed by atoms with Gasteiger partial charge >= 0.3 is 0 Å². The normalized spacial score (nSPS) is 15.9. The lowest BCUT2D eigenvalue weighted by molar-refractivity contribution is 0.0105. The molecule has 1 saturated heterocycles. The predicted molar refractivity (Wildman–Crippen MR) is 116 cm³/mol. The van der Waals surface area contributed by atoms with Gasteiger partial charge in [-0.3, -0.25) is 14.7 Å². The van der Waals surface area contributed by atoms with Gasteiger partial charge in [0.25, 0.3) is 5.56 Å². The largest absolute Gasteiger partial charge is 0.490 e. The van der Waals surface area contributed by atoms with Crippen LogP contribution >= 0.6 is 0 Å². The highest BCUT2D eigenvalue weighted by atomic mass is 19.1. The summed E-state index contributed by atoms with van der Waals surface area (Å²) in [6.07, 6.45) is 4.43. The quantitative estimate of drug-likeness (QED) is 0.576. The van der Waals surface area contributed by atoms with Crippen molar-refractivity contribution < 1.29 is 18.3 Å². The number of nitrogens with one attached hydrogen (secondary N) is 1. The average Bonchev–Trinajstić information content (AvgIpc) is 2.81. The summed E-state index contributed by atoms with van der Waals surface area (Å²) in [6, 6.07) is 12.5. The van der Waals surface area contributed by atoms with Crippen LogP contribution in [0.25, 0.3) is 0 Å². The standard InChI is InChI=1S/C24H25F2N3O3/c25-18-5-1-3-7-21(18)31-16-24(17-32-22-8-4-2-6-19(22)26)9-13-29(14-10-24)15-20-23(30)28-12-11-27-20/h1-8,11-12H,9-10,13-17H2,(H,28,30). The van der Waals surface area contributed by atoms with Crippen molar-refractivity contribution in [1.82, 2.24) is 14.9 Å². The van der Waals surface area contributed by atoms with Crippen molar-refractivity contribution in [3.05, 3.63) is 88.6 Å². The molecule has 1 aromatic heterocycles. The maximum Gasteiger partial charge on any atom is 0.270 e. The number of nitrogens with zero attached hydrogens (tertiary/aromatic N) is 2. The molecule has 0 bridgehead atoms. The van der Waals surface area contributed by atoms with Crippen LogP contribution in [0.4, 0.5) is 8.78 Å². The fourth-order valence-corrected chi connectivity index (χ4v) is 3.81. The van der Waals surface area contributed by atoms with Crippen molar-refractivity contribution >= 4 is 0 Å². The van der Waals surface area contributed by atoms with Crippen LogP contribution < -0.4 is 15.0 Å². The van der Waals surface area contributed by atoms with Crippen LogP contribution in [-0.2, 0) is 6.54 Å². The van der Waals surface area contributed by atoms with E-state index in [4.69, 9.17) is 9.47 Å². The van der Waals surface area contributed by atoms with Gasteiger partial charge in [-0.15, -0.1) is 0 Å². The molecule has 0 spiro atoms.